The van der Waals surface area contributed by atoms with E-state index >= 15 is 0 Å². The van der Waals surface area contributed by atoms with Crippen LogP contribution in [0.1, 0.15) is 22.3 Å². The monoisotopic (exact) mass is 956 g/mol. The van der Waals surface area contributed by atoms with Crippen molar-refractivity contribution in [1.82, 2.24) is 19.5 Å². The summed E-state index contributed by atoms with van der Waals surface area (Å²) in [4.78, 5) is 15.4. The van der Waals surface area contributed by atoms with Crippen LogP contribution >= 0.6 is 0 Å². The molecule has 0 atom stereocenters. The summed E-state index contributed by atoms with van der Waals surface area (Å²) in [5, 5.41) is 3.46. The Hall–Kier alpha value is -8.83. The summed E-state index contributed by atoms with van der Waals surface area (Å²) >= 11 is 0. The summed E-state index contributed by atoms with van der Waals surface area (Å²) in [6.45, 7) is 3.27. The second-order valence-electron chi connectivity index (χ2n) is 18.0. The van der Waals surface area contributed by atoms with Crippen LogP contribution in [0.4, 0.5) is 26.3 Å². The van der Waals surface area contributed by atoms with E-state index in [9.17, 15) is 26.3 Å². The van der Waals surface area contributed by atoms with Gasteiger partial charge in [0.05, 0.1) is 27.8 Å². The molecule has 0 saturated carbocycles. The number of benzene rings is 9. The van der Waals surface area contributed by atoms with E-state index in [4.69, 9.17) is 19.4 Å². The third-order valence-electron chi connectivity index (χ3n) is 13.3. The van der Waals surface area contributed by atoms with Gasteiger partial charge in [0.1, 0.15) is 11.2 Å². The van der Waals surface area contributed by atoms with Crippen LogP contribution in [0.15, 0.2) is 199 Å². The topological polar surface area (TPSA) is 56.7 Å². The van der Waals surface area contributed by atoms with Gasteiger partial charge in [0.2, 0.25) is 0 Å². The highest BCUT2D eigenvalue weighted by Crippen LogP contribution is 2.44. The zero-order chi connectivity index (χ0) is 49.5. The second kappa shape index (κ2) is 16.9. The smallest absolute Gasteiger partial charge is 0.417 e. The average Bonchev–Trinajstić information content (AvgIpc) is 3.92. The van der Waals surface area contributed by atoms with Gasteiger partial charge in [-0.3, -0.25) is 0 Å². The zero-order valence-corrected chi connectivity index (χ0v) is 38.4. The number of alkyl halides is 6. The molecular weight excluding hydrogens is 919 g/mol. The van der Waals surface area contributed by atoms with E-state index in [-0.39, 0.29) is 5.56 Å². The largest absolute Gasteiger partial charge is 0.456 e. The molecule has 11 heteroatoms. The first-order valence-electron chi connectivity index (χ1n) is 23.1. The Balaban J connectivity index is 1.17. The predicted molar refractivity (Wildman–Crippen MR) is 274 cm³/mol. The van der Waals surface area contributed by atoms with Gasteiger partial charge in [0, 0.05) is 38.2 Å². The summed E-state index contributed by atoms with van der Waals surface area (Å²) in [6, 6.07) is 58.0. The molecule has 0 unspecified atom stereocenters. The first-order valence-corrected chi connectivity index (χ1v) is 23.1. The number of aromatic nitrogens is 4. The molecule has 0 fully saturated rings. The van der Waals surface area contributed by atoms with Crippen molar-refractivity contribution in [3.63, 3.8) is 0 Å². The van der Waals surface area contributed by atoms with E-state index in [1.807, 2.05) is 150 Å². The van der Waals surface area contributed by atoms with Crippen molar-refractivity contribution < 1.29 is 30.8 Å². The van der Waals surface area contributed by atoms with Crippen LogP contribution in [0.25, 0.3) is 117 Å². The molecule has 0 saturated heterocycles. The molecule has 0 spiro atoms. The first kappa shape index (κ1) is 44.4. The van der Waals surface area contributed by atoms with Crippen molar-refractivity contribution in [3.05, 3.63) is 216 Å². The standard InChI is InChI=1S/C61H38F6N4O/c1-35-17-23-45(51(29-35)61(65,66)67)42-20-25-47-46-24-19-41(44-27-22-43(30-36(44)2)60(62,63)64)32-53(46)71(54(47)33-42)52-28-21-39(40-18-26-49-48-15-9-10-16-55(48)72-56(49)34-40)31-50(52)59-69-57(37-11-5-3-6-12-37)68-58(70-59)38-13-7-4-8-14-38/h3-34H,1-2H3. The molecule has 0 radical (unpaired) electrons. The van der Waals surface area contributed by atoms with Crippen molar-refractivity contribution in [3.8, 4) is 73.2 Å². The van der Waals surface area contributed by atoms with E-state index in [2.05, 4.69) is 0 Å². The molecule has 12 aromatic rings. The van der Waals surface area contributed by atoms with Gasteiger partial charge in [-0.05, 0) is 113 Å². The molecule has 0 aliphatic rings. The SMILES string of the molecule is Cc1ccc(-c2ccc3c4ccc(-c5ccc(C(F)(F)F)cc5C)cc4n(-c4ccc(-c5ccc6c(c5)oc5ccccc56)cc4-c4nc(-c5ccccc5)nc(-c5ccccc5)n4)c3c2)c(C(F)(F)F)c1. The van der Waals surface area contributed by atoms with Crippen molar-refractivity contribution in [2.75, 3.05) is 0 Å². The quantitative estimate of drug-likeness (QED) is 0.149. The Labute approximate surface area is 408 Å². The predicted octanol–water partition coefficient (Wildman–Crippen LogP) is 17.5. The molecule has 3 aromatic heterocycles. The van der Waals surface area contributed by atoms with Crippen LogP contribution in [0, 0.1) is 13.8 Å². The Morgan fingerprint density at radius 1 is 0.389 bits per heavy atom. The minimum atomic E-state index is -4.64. The van der Waals surface area contributed by atoms with Gasteiger partial charge in [-0.15, -0.1) is 0 Å². The number of para-hydroxylation sites is 1. The molecule has 0 aliphatic carbocycles. The van der Waals surface area contributed by atoms with Gasteiger partial charge in [-0.1, -0.05) is 139 Å². The Kier molecular flexibility index (Phi) is 10.4. The lowest BCUT2D eigenvalue weighted by Crippen LogP contribution is -2.07. The molecule has 5 nitrogen and oxygen atoms in total. The number of hydrogen-bond donors (Lipinski definition) is 0. The second-order valence-corrected chi connectivity index (χ2v) is 18.0. The molecule has 3 heterocycles. The highest BCUT2D eigenvalue weighted by atomic mass is 19.4. The molecule has 0 aliphatic heterocycles. The van der Waals surface area contributed by atoms with Crippen molar-refractivity contribution in [1.29, 1.82) is 0 Å². The number of hydrogen-bond acceptors (Lipinski definition) is 4. The van der Waals surface area contributed by atoms with E-state index < -0.39 is 23.5 Å². The van der Waals surface area contributed by atoms with Crippen LogP contribution in [0.3, 0.4) is 0 Å². The maximum absolute atomic E-state index is 14.8. The average molecular weight is 957 g/mol. The van der Waals surface area contributed by atoms with Gasteiger partial charge in [-0.25, -0.2) is 15.0 Å². The fourth-order valence-electron chi connectivity index (χ4n) is 9.85. The van der Waals surface area contributed by atoms with Crippen LogP contribution in [-0.4, -0.2) is 19.5 Å². The Morgan fingerprint density at radius 3 is 1.57 bits per heavy atom. The minimum absolute atomic E-state index is 0.0156. The fraction of sp³-hybridized carbons (Fsp3) is 0.0656. The molecule has 0 amide bonds. The summed E-state index contributed by atoms with van der Waals surface area (Å²) in [7, 11) is 0. The van der Waals surface area contributed by atoms with Gasteiger partial charge in [0.15, 0.2) is 17.5 Å². The van der Waals surface area contributed by atoms with Crippen molar-refractivity contribution >= 4 is 43.7 Å². The van der Waals surface area contributed by atoms with Crippen molar-refractivity contribution in [2.24, 2.45) is 0 Å². The highest BCUT2D eigenvalue weighted by molar-refractivity contribution is 6.12. The number of nitrogens with zero attached hydrogens (tertiary/aromatic N) is 4. The summed E-state index contributed by atoms with van der Waals surface area (Å²) < 4.78 is 94.6. The first-order chi connectivity index (χ1) is 34.7. The molecule has 12 rings (SSSR count). The maximum atomic E-state index is 14.8. The molecule has 0 N–H and O–H groups in total. The van der Waals surface area contributed by atoms with Gasteiger partial charge in [0.25, 0.3) is 0 Å². The number of halogens is 6. The molecule has 9 aromatic carbocycles. The van der Waals surface area contributed by atoms with Crippen LogP contribution in [-0.2, 0) is 12.4 Å². The van der Waals surface area contributed by atoms with E-state index in [1.165, 1.54) is 12.1 Å². The highest BCUT2D eigenvalue weighted by Gasteiger charge is 2.34. The zero-order valence-electron chi connectivity index (χ0n) is 38.4. The maximum Gasteiger partial charge on any atom is 0.417 e. The molecule has 0 bridgehead atoms. The van der Waals surface area contributed by atoms with Crippen LogP contribution < -0.4 is 0 Å². The Morgan fingerprint density at radius 2 is 0.931 bits per heavy atom. The molecule has 72 heavy (non-hydrogen) atoms. The summed E-state index contributed by atoms with van der Waals surface area (Å²) in [6.07, 6.45) is -9.17. The number of rotatable bonds is 7. The van der Waals surface area contributed by atoms with E-state index in [0.29, 0.717) is 73.2 Å². The third-order valence-corrected chi connectivity index (χ3v) is 13.3. The summed E-state index contributed by atoms with van der Waals surface area (Å²) in [5.74, 6) is 1.16. The molecule has 350 valence electrons. The van der Waals surface area contributed by atoms with Gasteiger partial charge >= 0.3 is 12.4 Å². The Bertz CT molecular complexity index is 4040. The van der Waals surface area contributed by atoms with Crippen LogP contribution in [0.2, 0.25) is 0 Å². The van der Waals surface area contributed by atoms with E-state index in [1.54, 1.807) is 32.0 Å². The molecular formula is C61H38F6N4O. The number of fused-ring (bicyclic) bond motifs is 6. The van der Waals surface area contributed by atoms with Gasteiger partial charge < -0.3 is 8.98 Å². The normalized spacial score (nSPS) is 12.2. The van der Waals surface area contributed by atoms with E-state index in [0.717, 1.165) is 67.6 Å². The van der Waals surface area contributed by atoms with Crippen molar-refractivity contribution in [2.45, 2.75) is 26.2 Å². The van der Waals surface area contributed by atoms with Gasteiger partial charge in [-0.2, -0.15) is 26.3 Å². The summed E-state index contributed by atoms with van der Waals surface area (Å²) in [5.41, 5.74) is 7.97. The lowest BCUT2D eigenvalue weighted by molar-refractivity contribution is -0.138. The fourth-order valence-corrected chi connectivity index (χ4v) is 9.85. The lowest BCUT2D eigenvalue weighted by Gasteiger charge is -2.18. The third kappa shape index (κ3) is 7.83. The number of aryl methyl sites for hydroxylation is 2. The minimum Gasteiger partial charge on any atom is -0.456 e. The van der Waals surface area contributed by atoms with Crippen LogP contribution in [0.5, 0.6) is 0 Å². The number of furan rings is 1. The lowest BCUT2D eigenvalue weighted by atomic mass is 9.96.